The van der Waals surface area contributed by atoms with Gasteiger partial charge in [-0.05, 0) is 74.1 Å². The highest BCUT2D eigenvalue weighted by Gasteiger charge is 2.13. The Labute approximate surface area is 149 Å². The molecule has 2 aromatic carbocycles. The highest BCUT2D eigenvalue weighted by atomic mass is 32.1. The van der Waals surface area contributed by atoms with Crippen LogP contribution in [0.5, 0.6) is 0 Å². The number of thiazole rings is 1. The number of fused-ring (bicyclic) bond motifs is 2. The first-order valence-electron chi connectivity index (χ1n) is 8.65. The molecule has 0 N–H and O–H groups in total. The third-order valence-electron chi connectivity index (χ3n) is 4.75. The SMILES string of the molecule is CCn1c(=NC(=O)c2ccc3c(c2)CCCC3)sc2cc(F)ccc21. The van der Waals surface area contributed by atoms with Crippen LogP contribution >= 0.6 is 11.3 Å². The molecule has 25 heavy (non-hydrogen) atoms. The van der Waals surface area contributed by atoms with Gasteiger partial charge in [-0.15, -0.1) is 0 Å². The molecule has 3 aromatic rings. The largest absolute Gasteiger partial charge is 0.317 e. The van der Waals surface area contributed by atoms with Gasteiger partial charge in [0.15, 0.2) is 4.80 Å². The molecule has 5 heteroatoms. The fraction of sp³-hybridized carbons (Fsp3) is 0.300. The zero-order valence-corrected chi connectivity index (χ0v) is 14.9. The number of amides is 1. The summed E-state index contributed by atoms with van der Waals surface area (Å²) in [5, 5.41) is 0. The minimum absolute atomic E-state index is 0.234. The van der Waals surface area contributed by atoms with Crippen LogP contribution in [0.4, 0.5) is 4.39 Å². The van der Waals surface area contributed by atoms with E-state index in [-0.39, 0.29) is 11.7 Å². The van der Waals surface area contributed by atoms with Crippen molar-refractivity contribution < 1.29 is 9.18 Å². The van der Waals surface area contributed by atoms with E-state index in [0.717, 1.165) is 23.1 Å². The standard InChI is InChI=1S/C20H19FN2OS/c1-2-23-17-10-9-16(21)12-18(17)25-20(23)22-19(24)15-8-7-13-5-3-4-6-14(13)11-15/h7-12H,2-6H2,1H3. The summed E-state index contributed by atoms with van der Waals surface area (Å²) in [6.07, 6.45) is 4.53. The molecule has 1 heterocycles. The predicted octanol–water partition coefficient (Wildman–Crippen LogP) is 4.48. The Morgan fingerprint density at radius 2 is 1.96 bits per heavy atom. The van der Waals surface area contributed by atoms with Gasteiger partial charge in [0.25, 0.3) is 5.91 Å². The van der Waals surface area contributed by atoms with Crippen molar-refractivity contribution in [1.82, 2.24) is 4.57 Å². The van der Waals surface area contributed by atoms with Crippen molar-refractivity contribution in [2.45, 2.75) is 39.2 Å². The Morgan fingerprint density at radius 1 is 1.16 bits per heavy atom. The number of hydrogen-bond donors (Lipinski definition) is 0. The van der Waals surface area contributed by atoms with Gasteiger partial charge in [-0.1, -0.05) is 17.4 Å². The molecule has 0 fully saturated rings. The van der Waals surface area contributed by atoms with E-state index >= 15 is 0 Å². The monoisotopic (exact) mass is 354 g/mol. The number of aryl methyl sites for hydroxylation is 3. The number of hydrogen-bond acceptors (Lipinski definition) is 2. The number of benzene rings is 2. The molecule has 0 unspecified atom stereocenters. The highest BCUT2D eigenvalue weighted by Crippen LogP contribution is 2.23. The summed E-state index contributed by atoms with van der Waals surface area (Å²) in [4.78, 5) is 17.6. The van der Waals surface area contributed by atoms with Crippen LogP contribution < -0.4 is 4.80 Å². The Morgan fingerprint density at radius 3 is 2.76 bits per heavy atom. The first-order valence-corrected chi connectivity index (χ1v) is 9.47. The van der Waals surface area contributed by atoms with Gasteiger partial charge in [0.05, 0.1) is 10.2 Å². The summed E-state index contributed by atoms with van der Waals surface area (Å²) in [5.74, 6) is -0.507. The van der Waals surface area contributed by atoms with Crippen molar-refractivity contribution in [1.29, 1.82) is 0 Å². The molecule has 0 saturated carbocycles. The van der Waals surface area contributed by atoms with Gasteiger partial charge < -0.3 is 4.57 Å². The third kappa shape index (κ3) is 3.04. The maximum absolute atomic E-state index is 13.5. The number of carbonyl (C=O) groups excluding carboxylic acids is 1. The van der Waals surface area contributed by atoms with Crippen LogP contribution in [0.25, 0.3) is 10.2 Å². The quantitative estimate of drug-likeness (QED) is 0.668. The van der Waals surface area contributed by atoms with Gasteiger partial charge in [-0.2, -0.15) is 4.99 Å². The van der Waals surface area contributed by atoms with E-state index in [1.807, 2.05) is 23.6 Å². The van der Waals surface area contributed by atoms with E-state index in [1.165, 1.54) is 47.4 Å². The second kappa shape index (κ2) is 6.56. The van der Waals surface area contributed by atoms with Crippen LogP contribution in [0.2, 0.25) is 0 Å². The minimum atomic E-state index is -0.274. The van der Waals surface area contributed by atoms with Crippen LogP contribution in [0.1, 0.15) is 41.3 Å². The first-order chi connectivity index (χ1) is 12.2. The maximum Gasteiger partial charge on any atom is 0.279 e. The van der Waals surface area contributed by atoms with E-state index in [2.05, 4.69) is 11.1 Å². The molecule has 3 nitrogen and oxygen atoms in total. The average Bonchev–Trinajstić information content (AvgIpc) is 2.97. The maximum atomic E-state index is 13.5. The molecular weight excluding hydrogens is 335 g/mol. The lowest BCUT2D eigenvalue weighted by Crippen LogP contribution is -2.16. The zero-order valence-electron chi connectivity index (χ0n) is 14.1. The van der Waals surface area contributed by atoms with Crippen molar-refractivity contribution in [2.75, 3.05) is 0 Å². The lowest BCUT2D eigenvalue weighted by Gasteiger charge is -2.15. The van der Waals surface area contributed by atoms with Gasteiger partial charge in [0, 0.05) is 12.1 Å². The van der Waals surface area contributed by atoms with E-state index < -0.39 is 0 Å². The van der Waals surface area contributed by atoms with Crippen molar-refractivity contribution in [2.24, 2.45) is 4.99 Å². The van der Waals surface area contributed by atoms with Crippen LogP contribution in [0, 0.1) is 5.82 Å². The van der Waals surface area contributed by atoms with Crippen molar-refractivity contribution in [3.8, 4) is 0 Å². The molecule has 1 amide bonds. The van der Waals surface area contributed by atoms with Crippen LogP contribution in [-0.4, -0.2) is 10.5 Å². The van der Waals surface area contributed by atoms with Crippen molar-refractivity contribution >= 4 is 27.5 Å². The number of nitrogens with zero attached hydrogens (tertiary/aromatic N) is 2. The molecule has 128 valence electrons. The summed E-state index contributed by atoms with van der Waals surface area (Å²) in [5.41, 5.74) is 4.16. The molecule has 0 saturated heterocycles. The Bertz CT molecular complexity index is 1030. The van der Waals surface area contributed by atoms with Crippen LogP contribution in [0.15, 0.2) is 41.4 Å². The van der Waals surface area contributed by atoms with Crippen LogP contribution in [-0.2, 0) is 19.4 Å². The molecule has 0 aliphatic heterocycles. The summed E-state index contributed by atoms with van der Waals surface area (Å²) < 4.78 is 16.2. The Hall–Kier alpha value is -2.27. The molecule has 1 aliphatic carbocycles. The predicted molar refractivity (Wildman–Crippen MR) is 98.4 cm³/mol. The Balaban J connectivity index is 1.77. The van der Waals surface area contributed by atoms with Gasteiger partial charge in [-0.25, -0.2) is 4.39 Å². The third-order valence-corrected chi connectivity index (χ3v) is 5.79. The van der Waals surface area contributed by atoms with Crippen LogP contribution in [0.3, 0.4) is 0 Å². The van der Waals surface area contributed by atoms with E-state index in [9.17, 15) is 9.18 Å². The molecule has 0 atom stereocenters. The molecule has 0 spiro atoms. The molecule has 4 rings (SSSR count). The van der Waals surface area contributed by atoms with E-state index in [1.54, 1.807) is 6.07 Å². The zero-order chi connectivity index (χ0) is 17.4. The summed E-state index contributed by atoms with van der Waals surface area (Å²) in [6, 6.07) is 10.6. The topological polar surface area (TPSA) is 34.4 Å². The second-order valence-electron chi connectivity index (χ2n) is 6.35. The number of carbonyl (C=O) groups is 1. The average molecular weight is 354 g/mol. The molecule has 1 aliphatic rings. The first kappa shape index (κ1) is 16.2. The lowest BCUT2D eigenvalue weighted by molar-refractivity contribution is 0.0997. The highest BCUT2D eigenvalue weighted by molar-refractivity contribution is 7.16. The number of aromatic nitrogens is 1. The fourth-order valence-corrected chi connectivity index (χ4v) is 4.57. The van der Waals surface area contributed by atoms with E-state index in [4.69, 9.17) is 0 Å². The van der Waals surface area contributed by atoms with E-state index in [0.29, 0.717) is 16.9 Å². The van der Waals surface area contributed by atoms with Gasteiger partial charge in [0.2, 0.25) is 0 Å². The van der Waals surface area contributed by atoms with Gasteiger partial charge in [-0.3, -0.25) is 4.79 Å². The molecule has 0 radical (unpaired) electrons. The van der Waals surface area contributed by atoms with Gasteiger partial charge >= 0.3 is 0 Å². The molecule has 0 bridgehead atoms. The smallest absolute Gasteiger partial charge is 0.279 e. The number of rotatable bonds is 2. The summed E-state index contributed by atoms with van der Waals surface area (Å²) in [6.45, 7) is 2.68. The van der Waals surface area contributed by atoms with Crippen molar-refractivity contribution in [3.63, 3.8) is 0 Å². The Kier molecular flexibility index (Phi) is 4.25. The minimum Gasteiger partial charge on any atom is -0.317 e. The van der Waals surface area contributed by atoms with Gasteiger partial charge in [0.1, 0.15) is 5.82 Å². The molecular formula is C20H19FN2OS. The fourth-order valence-electron chi connectivity index (χ4n) is 3.46. The number of halogens is 1. The lowest BCUT2D eigenvalue weighted by atomic mass is 9.90. The second-order valence-corrected chi connectivity index (χ2v) is 7.36. The molecule has 1 aromatic heterocycles. The van der Waals surface area contributed by atoms with Crippen molar-refractivity contribution in [3.05, 3.63) is 63.7 Å². The summed E-state index contributed by atoms with van der Waals surface area (Å²) in [7, 11) is 0. The normalized spacial score (nSPS) is 14.7. The summed E-state index contributed by atoms with van der Waals surface area (Å²) >= 11 is 1.35.